The molecule has 0 bridgehead atoms. The smallest absolute Gasteiger partial charge is 0.326 e. The standard InChI is InChI=1S/C22H26N2O8/c1-29-14-7-5-13(6-8-14)9-10-24-19-15(23-22(24)28)3-2-4-16(19)31-21-20(27)30-17(11-25)18(12-26)32-21/h2-8,17-18,20-21,25-27H,9-12H2,1H3,(H,23,28). The van der Waals surface area contributed by atoms with E-state index in [2.05, 4.69) is 4.98 Å². The lowest BCUT2D eigenvalue weighted by Crippen LogP contribution is -2.54. The topological polar surface area (TPSA) is 135 Å². The van der Waals surface area contributed by atoms with Gasteiger partial charge in [0, 0.05) is 6.54 Å². The Morgan fingerprint density at radius 2 is 1.78 bits per heavy atom. The molecule has 1 fully saturated rings. The minimum absolute atomic E-state index is 0.292. The molecule has 10 heteroatoms. The number of fused-ring (bicyclic) bond motifs is 1. The highest BCUT2D eigenvalue weighted by molar-refractivity contribution is 5.82. The van der Waals surface area contributed by atoms with Crippen molar-refractivity contribution >= 4 is 11.0 Å². The van der Waals surface area contributed by atoms with Crippen LogP contribution < -0.4 is 15.2 Å². The van der Waals surface area contributed by atoms with Gasteiger partial charge < -0.3 is 39.3 Å². The second-order valence-corrected chi connectivity index (χ2v) is 7.42. The number of benzene rings is 2. The fourth-order valence-corrected chi connectivity index (χ4v) is 3.72. The van der Waals surface area contributed by atoms with Crippen molar-refractivity contribution in [2.45, 2.75) is 37.8 Å². The monoisotopic (exact) mass is 446 g/mol. The zero-order chi connectivity index (χ0) is 22.7. The molecule has 4 N–H and O–H groups in total. The zero-order valence-corrected chi connectivity index (χ0v) is 17.5. The van der Waals surface area contributed by atoms with Crippen LogP contribution in [-0.2, 0) is 22.4 Å². The quantitative estimate of drug-likeness (QED) is 0.390. The predicted octanol–water partition coefficient (Wildman–Crippen LogP) is 0.373. The molecule has 4 rings (SSSR count). The highest BCUT2D eigenvalue weighted by Crippen LogP contribution is 2.28. The predicted molar refractivity (Wildman–Crippen MR) is 114 cm³/mol. The van der Waals surface area contributed by atoms with Crippen LogP contribution in [0.2, 0.25) is 0 Å². The van der Waals surface area contributed by atoms with Gasteiger partial charge >= 0.3 is 5.69 Å². The van der Waals surface area contributed by atoms with E-state index in [0.29, 0.717) is 29.7 Å². The van der Waals surface area contributed by atoms with E-state index < -0.39 is 38.0 Å². The Labute approximate surface area is 183 Å². The second-order valence-electron chi connectivity index (χ2n) is 7.42. The number of H-pyrrole nitrogens is 1. The molecule has 32 heavy (non-hydrogen) atoms. The van der Waals surface area contributed by atoms with Gasteiger partial charge in [-0.3, -0.25) is 4.57 Å². The third-order valence-electron chi connectivity index (χ3n) is 5.41. The zero-order valence-electron chi connectivity index (χ0n) is 17.5. The number of hydrogen-bond donors (Lipinski definition) is 4. The van der Waals surface area contributed by atoms with Gasteiger partial charge in [-0.2, -0.15) is 0 Å². The molecule has 4 unspecified atom stereocenters. The van der Waals surface area contributed by atoms with Crippen LogP contribution in [0.4, 0.5) is 0 Å². The average molecular weight is 446 g/mol. The lowest BCUT2D eigenvalue weighted by Gasteiger charge is -2.37. The first-order valence-corrected chi connectivity index (χ1v) is 10.3. The molecular weight excluding hydrogens is 420 g/mol. The summed E-state index contributed by atoms with van der Waals surface area (Å²) in [5.74, 6) is 1.06. The van der Waals surface area contributed by atoms with E-state index in [4.69, 9.17) is 18.9 Å². The Morgan fingerprint density at radius 1 is 1.06 bits per heavy atom. The molecule has 3 aromatic rings. The molecule has 0 saturated carbocycles. The molecule has 2 aromatic carbocycles. The number of aromatic amines is 1. The van der Waals surface area contributed by atoms with Gasteiger partial charge in [-0.1, -0.05) is 18.2 Å². The molecule has 0 aliphatic carbocycles. The van der Waals surface area contributed by atoms with Crippen LogP contribution in [0.5, 0.6) is 11.5 Å². The molecule has 4 atom stereocenters. The maximum absolute atomic E-state index is 12.6. The normalized spacial score (nSPS) is 23.4. The first-order chi connectivity index (χ1) is 15.5. The van der Waals surface area contributed by atoms with Crippen LogP contribution in [0.15, 0.2) is 47.3 Å². The largest absolute Gasteiger partial charge is 0.497 e. The van der Waals surface area contributed by atoms with Crippen molar-refractivity contribution < 1.29 is 34.3 Å². The molecule has 172 valence electrons. The van der Waals surface area contributed by atoms with Gasteiger partial charge in [-0.25, -0.2) is 4.79 Å². The number of para-hydroxylation sites is 1. The first-order valence-electron chi connectivity index (χ1n) is 10.3. The van der Waals surface area contributed by atoms with Crippen molar-refractivity contribution in [3.05, 3.63) is 58.5 Å². The molecule has 2 heterocycles. The van der Waals surface area contributed by atoms with Gasteiger partial charge in [0.05, 0.1) is 25.8 Å². The third kappa shape index (κ3) is 4.50. The Morgan fingerprint density at radius 3 is 2.47 bits per heavy atom. The van der Waals surface area contributed by atoms with Gasteiger partial charge in [0.1, 0.15) is 29.2 Å². The molecule has 0 radical (unpaired) electrons. The van der Waals surface area contributed by atoms with E-state index in [-0.39, 0.29) is 5.69 Å². The number of nitrogens with one attached hydrogen (secondary N) is 1. The van der Waals surface area contributed by atoms with Gasteiger partial charge in [0.2, 0.25) is 6.29 Å². The Hall–Kier alpha value is -2.89. The highest BCUT2D eigenvalue weighted by Gasteiger charge is 2.39. The number of aryl methyl sites for hydroxylation is 2. The van der Waals surface area contributed by atoms with Crippen LogP contribution in [0.1, 0.15) is 5.56 Å². The fourth-order valence-electron chi connectivity index (χ4n) is 3.72. The Bertz CT molecular complexity index is 1090. The molecule has 10 nitrogen and oxygen atoms in total. The first kappa shape index (κ1) is 22.3. The number of imidazole rings is 1. The number of aromatic nitrogens is 2. The van der Waals surface area contributed by atoms with Crippen molar-refractivity contribution in [2.75, 3.05) is 20.3 Å². The minimum Gasteiger partial charge on any atom is -0.497 e. The molecule has 1 aliphatic heterocycles. The molecule has 1 aliphatic rings. The minimum atomic E-state index is -1.48. The van der Waals surface area contributed by atoms with E-state index in [1.165, 1.54) is 0 Å². The van der Waals surface area contributed by atoms with Gasteiger partial charge in [-0.05, 0) is 36.2 Å². The van der Waals surface area contributed by atoms with Crippen LogP contribution in [0, 0.1) is 0 Å². The van der Waals surface area contributed by atoms with Crippen molar-refractivity contribution in [3.8, 4) is 11.5 Å². The number of hydrogen-bond acceptors (Lipinski definition) is 8. The summed E-state index contributed by atoms with van der Waals surface area (Å²) in [5, 5.41) is 29.0. The number of methoxy groups -OCH3 is 1. The third-order valence-corrected chi connectivity index (χ3v) is 5.41. The maximum Gasteiger partial charge on any atom is 0.326 e. The maximum atomic E-state index is 12.6. The number of aliphatic hydroxyl groups is 3. The van der Waals surface area contributed by atoms with Crippen LogP contribution >= 0.6 is 0 Å². The Kier molecular flexibility index (Phi) is 6.77. The van der Waals surface area contributed by atoms with E-state index in [0.717, 1.165) is 11.3 Å². The summed E-state index contributed by atoms with van der Waals surface area (Å²) in [6.07, 6.45) is -3.87. The van der Waals surface area contributed by atoms with Crippen molar-refractivity contribution in [3.63, 3.8) is 0 Å². The summed E-state index contributed by atoms with van der Waals surface area (Å²) >= 11 is 0. The lowest BCUT2D eigenvalue weighted by molar-refractivity contribution is -0.337. The van der Waals surface area contributed by atoms with Gasteiger partial charge in [-0.15, -0.1) is 0 Å². The summed E-state index contributed by atoms with van der Waals surface area (Å²) in [5.41, 5.74) is 1.83. The van der Waals surface area contributed by atoms with Crippen molar-refractivity contribution in [1.29, 1.82) is 0 Å². The summed E-state index contributed by atoms with van der Waals surface area (Å²) in [7, 11) is 1.60. The lowest BCUT2D eigenvalue weighted by atomic mass is 10.1. The molecular formula is C22H26N2O8. The molecule has 1 aromatic heterocycles. The van der Waals surface area contributed by atoms with Gasteiger partial charge in [0.25, 0.3) is 6.29 Å². The number of aliphatic hydroxyl groups excluding tert-OH is 3. The van der Waals surface area contributed by atoms with Crippen LogP contribution in [0.25, 0.3) is 11.0 Å². The van der Waals surface area contributed by atoms with Gasteiger partial charge in [0.15, 0.2) is 0 Å². The summed E-state index contributed by atoms with van der Waals surface area (Å²) < 4.78 is 23.5. The SMILES string of the molecule is COc1ccc(CCn2c(=O)[nH]c3cccc(OC4OC(CO)C(CO)OC4O)c32)cc1. The van der Waals surface area contributed by atoms with Crippen LogP contribution in [0.3, 0.4) is 0 Å². The van der Waals surface area contributed by atoms with Crippen LogP contribution in [-0.4, -0.2) is 70.0 Å². The number of ether oxygens (including phenoxy) is 4. The fraction of sp³-hybridized carbons (Fsp3) is 0.409. The van der Waals surface area contributed by atoms with E-state index >= 15 is 0 Å². The van der Waals surface area contributed by atoms with E-state index in [9.17, 15) is 20.1 Å². The second kappa shape index (κ2) is 9.72. The number of nitrogens with zero attached hydrogens (tertiary/aromatic N) is 1. The molecule has 0 amide bonds. The summed E-state index contributed by atoms with van der Waals surface area (Å²) in [6.45, 7) is -0.450. The van der Waals surface area contributed by atoms with Crippen molar-refractivity contribution in [1.82, 2.24) is 9.55 Å². The van der Waals surface area contributed by atoms with E-state index in [1.807, 2.05) is 24.3 Å². The number of rotatable bonds is 8. The Balaban J connectivity index is 1.58. The summed E-state index contributed by atoms with van der Waals surface area (Å²) in [6, 6.07) is 12.7. The molecule has 0 spiro atoms. The van der Waals surface area contributed by atoms with E-state index in [1.54, 1.807) is 29.9 Å². The summed E-state index contributed by atoms with van der Waals surface area (Å²) in [4.78, 5) is 15.4. The highest BCUT2D eigenvalue weighted by atomic mass is 16.8. The molecule has 1 saturated heterocycles. The van der Waals surface area contributed by atoms with Crippen molar-refractivity contribution in [2.24, 2.45) is 0 Å². The average Bonchev–Trinajstić information content (AvgIpc) is 3.14.